The third-order valence-corrected chi connectivity index (χ3v) is 4.43. The van der Waals surface area contributed by atoms with Gasteiger partial charge in [-0.15, -0.1) is 0 Å². The second-order valence-electron chi connectivity index (χ2n) is 6.37. The van der Waals surface area contributed by atoms with Crippen molar-refractivity contribution in [3.05, 3.63) is 36.0 Å². The zero-order valence-corrected chi connectivity index (χ0v) is 14.3. The number of nitrogens with two attached hydrogens (primary N) is 1. The lowest BCUT2D eigenvalue weighted by Gasteiger charge is -2.30. The number of anilines is 1. The van der Waals surface area contributed by atoms with Crippen LogP contribution in [0.4, 0.5) is 23.7 Å². The number of likely N-dealkylation sites (tertiary alicyclic amines) is 1. The fourth-order valence-corrected chi connectivity index (χ4v) is 2.91. The molecule has 1 aromatic carbocycles. The minimum atomic E-state index is -4.49. The molecule has 1 aliphatic heterocycles. The lowest BCUT2D eigenvalue weighted by Crippen LogP contribution is -2.44. The Balaban J connectivity index is 1.69. The Bertz CT molecular complexity index is 777. The first kappa shape index (κ1) is 18.2. The number of aromatic nitrogens is 2. The lowest BCUT2D eigenvalue weighted by atomic mass is 10.1. The van der Waals surface area contributed by atoms with E-state index in [-0.39, 0.29) is 12.1 Å². The first-order valence-corrected chi connectivity index (χ1v) is 8.27. The number of amides is 2. The van der Waals surface area contributed by atoms with E-state index in [4.69, 9.17) is 5.73 Å². The molecule has 1 fully saturated rings. The molecular formula is C17H20F3N5O. The van der Waals surface area contributed by atoms with Gasteiger partial charge in [0, 0.05) is 31.9 Å². The van der Waals surface area contributed by atoms with Crippen LogP contribution in [0.5, 0.6) is 0 Å². The number of piperidine rings is 1. The molecule has 9 heteroatoms. The summed E-state index contributed by atoms with van der Waals surface area (Å²) in [7, 11) is 1.46. The molecule has 1 saturated heterocycles. The number of benzene rings is 1. The summed E-state index contributed by atoms with van der Waals surface area (Å²) >= 11 is 0. The van der Waals surface area contributed by atoms with Crippen molar-refractivity contribution < 1.29 is 18.0 Å². The van der Waals surface area contributed by atoms with Gasteiger partial charge in [0.1, 0.15) is 0 Å². The van der Waals surface area contributed by atoms with Crippen molar-refractivity contribution in [2.75, 3.05) is 18.4 Å². The number of alkyl halides is 3. The summed E-state index contributed by atoms with van der Waals surface area (Å²) < 4.78 is 39.5. The molecule has 3 rings (SSSR count). The maximum Gasteiger partial charge on any atom is 0.435 e. The third-order valence-electron chi connectivity index (χ3n) is 4.43. The van der Waals surface area contributed by atoms with E-state index in [2.05, 4.69) is 10.4 Å². The predicted molar refractivity (Wildman–Crippen MR) is 91.4 cm³/mol. The third kappa shape index (κ3) is 3.98. The molecule has 0 spiro atoms. The smallest absolute Gasteiger partial charge is 0.328 e. The molecule has 26 heavy (non-hydrogen) atoms. The van der Waals surface area contributed by atoms with E-state index >= 15 is 0 Å². The van der Waals surface area contributed by atoms with E-state index < -0.39 is 11.9 Å². The first-order chi connectivity index (χ1) is 12.2. The van der Waals surface area contributed by atoms with Crippen molar-refractivity contribution in [2.45, 2.75) is 25.1 Å². The van der Waals surface area contributed by atoms with Crippen LogP contribution in [-0.4, -0.2) is 39.8 Å². The number of nitrogens with zero attached hydrogens (tertiary/aromatic N) is 3. The Morgan fingerprint density at radius 3 is 2.38 bits per heavy atom. The topological polar surface area (TPSA) is 76.2 Å². The normalized spacial score (nSPS) is 16.0. The van der Waals surface area contributed by atoms with Gasteiger partial charge in [0.25, 0.3) is 0 Å². The maximum atomic E-state index is 12.8. The quantitative estimate of drug-likeness (QED) is 0.857. The average molecular weight is 367 g/mol. The Labute approximate surface area is 148 Å². The van der Waals surface area contributed by atoms with Crippen LogP contribution >= 0.6 is 0 Å². The van der Waals surface area contributed by atoms with Crippen LogP contribution in [-0.2, 0) is 13.2 Å². The van der Waals surface area contributed by atoms with Crippen molar-refractivity contribution in [2.24, 2.45) is 12.8 Å². The van der Waals surface area contributed by atoms with Gasteiger partial charge in [-0.25, -0.2) is 4.79 Å². The number of hydrogen-bond acceptors (Lipinski definition) is 3. The SMILES string of the molecule is Cn1nc(C(F)(F)F)cc1-c1ccc(NC(=O)N2CCC(N)CC2)cc1. The zero-order valence-electron chi connectivity index (χ0n) is 14.3. The lowest BCUT2D eigenvalue weighted by molar-refractivity contribution is -0.141. The molecule has 0 radical (unpaired) electrons. The number of halogens is 3. The van der Waals surface area contributed by atoms with E-state index in [1.807, 2.05) is 0 Å². The fourth-order valence-electron chi connectivity index (χ4n) is 2.91. The van der Waals surface area contributed by atoms with Gasteiger partial charge in [0.2, 0.25) is 0 Å². The first-order valence-electron chi connectivity index (χ1n) is 8.27. The Hall–Kier alpha value is -2.55. The van der Waals surface area contributed by atoms with Gasteiger partial charge in [-0.2, -0.15) is 18.3 Å². The van der Waals surface area contributed by atoms with Crippen LogP contribution in [0.3, 0.4) is 0 Å². The second-order valence-corrected chi connectivity index (χ2v) is 6.37. The van der Waals surface area contributed by atoms with Gasteiger partial charge >= 0.3 is 12.2 Å². The van der Waals surface area contributed by atoms with Crippen LogP contribution in [0.2, 0.25) is 0 Å². The van der Waals surface area contributed by atoms with Crippen molar-refractivity contribution in [1.29, 1.82) is 0 Å². The highest BCUT2D eigenvalue weighted by atomic mass is 19.4. The van der Waals surface area contributed by atoms with Gasteiger partial charge in [0.05, 0.1) is 5.69 Å². The standard InChI is InChI=1S/C17H20F3N5O/c1-24-14(10-15(23-24)17(18,19)20)11-2-4-13(5-3-11)22-16(26)25-8-6-12(21)7-9-25/h2-5,10,12H,6-9,21H2,1H3,(H,22,26). The number of hydrogen-bond donors (Lipinski definition) is 2. The van der Waals surface area contributed by atoms with E-state index in [1.54, 1.807) is 29.2 Å². The summed E-state index contributed by atoms with van der Waals surface area (Å²) in [5, 5.41) is 6.29. The van der Waals surface area contributed by atoms with E-state index in [1.165, 1.54) is 11.7 Å². The Morgan fingerprint density at radius 2 is 1.85 bits per heavy atom. The van der Waals surface area contributed by atoms with Gasteiger partial charge in [0.15, 0.2) is 5.69 Å². The molecule has 0 aliphatic carbocycles. The minimum absolute atomic E-state index is 0.138. The molecule has 1 aliphatic rings. The molecule has 0 atom stereocenters. The highest BCUT2D eigenvalue weighted by Crippen LogP contribution is 2.31. The predicted octanol–water partition coefficient (Wildman–Crippen LogP) is 3.06. The number of carbonyl (C=O) groups excluding carboxylic acids is 1. The number of nitrogens with one attached hydrogen (secondary N) is 1. The van der Waals surface area contributed by atoms with Crippen molar-refractivity contribution >= 4 is 11.7 Å². The van der Waals surface area contributed by atoms with E-state index in [0.29, 0.717) is 30.0 Å². The van der Waals surface area contributed by atoms with Crippen LogP contribution in [0.1, 0.15) is 18.5 Å². The zero-order chi connectivity index (χ0) is 18.9. The summed E-state index contributed by atoms with van der Waals surface area (Å²) in [6.07, 6.45) is -2.94. The molecule has 2 amide bonds. The fraction of sp³-hybridized carbons (Fsp3) is 0.412. The van der Waals surface area contributed by atoms with Gasteiger partial charge in [-0.05, 0) is 36.6 Å². The van der Waals surface area contributed by atoms with Crippen molar-refractivity contribution in [3.63, 3.8) is 0 Å². The minimum Gasteiger partial charge on any atom is -0.328 e. The van der Waals surface area contributed by atoms with Crippen molar-refractivity contribution in [3.8, 4) is 11.3 Å². The van der Waals surface area contributed by atoms with Crippen LogP contribution in [0, 0.1) is 0 Å². The number of rotatable bonds is 2. The summed E-state index contributed by atoms with van der Waals surface area (Å²) in [4.78, 5) is 13.9. The molecule has 3 N–H and O–H groups in total. The molecule has 2 aromatic rings. The second kappa shape index (κ2) is 6.99. The van der Waals surface area contributed by atoms with Crippen LogP contribution in [0.25, 0.3) is 11.3 Å². The molecule has 2 heterocycles. The molecule has 0 unspecified atom stereocenters. The van der Waals surface area contributed by atoms with Gasteiger partial charge in [-0.1, -0.05) is 12.1 Å². The van der Waals surface area contributed by atoms with Crippen LogP contribution < -0.4 is 11.1 Å². The van der Waals surface area contributed by atoms with Crippen LogP contribution in [0.15, 0.2) is 30.3 Å². The Kier molecular flexibility index (Phi) is 4.90. The highest BCUT2D eigenvalue weighted by molar-refractivity contribution is 5.89. The van der Waals surface area contributed by atoms with Gasteiger partial charge in [-0.3, -0.25) is 4.68 Å². The molecule has 140 valence electrons. The number of aryl methyl sites for hydroxylation is 1. The summed E-state index contributed by atoms with van der Waals surface area (Å²) in [5.41, 5.74) is 6.40. The highest BCUT2D eigenvalue weighted by Gasteiger charge is 2.34. The van der Waals surface area contributed by atoms with E-state index in [0.717, 1.165) is 18.9 Å². The largest absolute Gasteiger partial charge is 0.435 e. The monoisotopic (exact) mass is 367 g/mol. The molecule has 6 nitrogen and oxygen atoms in total. The Morgan fingerprint density at radius 1 is 1.23 bits per heavy atom. The molecule has 0 saturated carbocycles. The van der Waals surface area contributed by atoms with E-state index in [9.17, 15) is 18.0 Å². The number of urea groups is 1. The number of carbonyl (C=O) groups is 1. The molecule has 1 aromatic heterocycles. The molecular weight excluding hydrogens is 347 g/mol. The summed E-state index contributed by atoms with van der Waals surface area (Å²) in [6, 6.07) is 7.55. The summed E-state index contributed by atoms with van der Waals surface area (Å²) in [5.74, 6) is 0. The average Bonchev–Trinajstić information content (AvgIpc) is 2.98. The van der Waals surface area contributed by atoms with Gasteiger partial charge < -0.3 is 16.0 Å². The molecule has 0 bridgehead atoms. The van der Waals surface area contributed by atoms with Crippen molar-refractivity contribution in [1.82, 2.24) is 14.7 Å². The summed E-state index contributed by atoms with van der Waals surface area (Å²) in [6.45, 7) is 1.22. The maximum absolute atomic E-state index is 12.8.